The molecule has 0 radical (unpaired) electrons. The molecule has 0 aliphatic rings. The summed E-state index contributed by atoms with van der Waals surface area (Å²) in [6.45, 7) is 0. The number of methoxy groups -OCH3 is 1. The summed E-state index contributed by atoms with van der Waals surface area (Å²) in [6.07, 6.45) is 0. The van der Waals surface area contributed by atoms with Gasteiger partial charge in [-0.25, -0.2) is 0 Å². The van der Waals surface area contributed by atoms with Gasteiger partial charge in [-0.15, -0.1) is 0 Å². The molecule has 0 bridgehead atoms. The van der Waals surface area contributed by atoms with Crippen LogP contribution in [0.1, 0.15) is 31.8 Å². The lowest BCUT2D eigenvalue weighted by Crippen LogP contribution is -2.11. The SMILES string of the molecule is COc1ccc(C(=O)c2ccc(O)c(O)c2O)c(C(=O)c2ccccc2)c1. The van der Waals surface area contributed by atoms with Crippen LogP contribution in [0.25, 0.3) is 0 Å². The van der Waals surface area contributed by atoms with Crippen molar-refractivity contribution in [1.82, 2.24) is 0 Å². The predicted octanol–water partition coefficient (Wildman–Crippen LogP) is 3.27. The van der Waals surface area contributed by atoms with E-state index in [0.29, 0.717) is 11.3 Å². The summed E-state index contributed by atoms with van der Waals surface area (Å²) in [5, 5.41) is 29.1. The van der Waals surface area contributed by atoms with Crippen LogP contribution in [0, 0.1) is 0 Å². The minimum absolute atomic E-state index is 0.0324. The first kappa shape index (κ1) is 18.0. The smallest absolute Gasteiger partial charge is 0.201 e. The molecule has 0 spiro atoms. The molecule has 136 valence electrons. The summed E-state index contributed by atoms with van der Waals surface area (Å²) in [5.74, 6) is -2.78. The Hall–Kier alpha value is -3.80. The molecule has 0 atom stereocenters. The first-order chi connectivity index (χ1) is 12.9. The number of carbonyl (C=O) groups is 2. The highest BCUT2D eigenvalue weighted by atomic mass is 16.5. The van der Waals surface area contributed by atoms with Gasteiger partial charge in [0.2, 0.25) is 5.75 Å². The number of hydrogen-bond acceptors (Lipinski definition) is 6. The van der Waals surface area contributed by atoms with Crippen molar-refractivity contribution < 1.29 is 29.6 Å². The lowest BCUT2D eigenvalue weighted by Gasteiger charge is -2.12. The van der Waals surface area contributed by atoms with Gasteiger partial charge in [0.25, 0.3) is 0 Å². The molecule has 0 aliphatic carbocycles. The van der Waals surface area contributed by atoms with Crippen molar-refractivity contribution in [3.63, 3.8) is 0 Å². The van der Waals surface area contributed by atoms with Crippen LogP contribution in [0.2, 0.25) is 0 Å². The quantitative estimate of drug-likeness (QED) is 0.474. The van der Waals surface area contributed by atoms with E-state index in [1.165, 1.54) is 31.4 Å². The largest absolute Gasteiger partial charge is 0.504 e. The Kier molecular flexibility index (Phi) is 4.81. The predicted molar refractivity (Wildman–Crippen MR) is 97.7 cm³/mol. The van der Waals surface area contributed by atoms with Gasteiger partial charge < -0.3 is 20.1 Å². The summed E-state index contributed by atoms with van der Waals surface area (Å²) in [6, 6.07) is 15.1. The lowest BCUT2D eigenvalue weighted by molar-refractivity contribution is 0.100. The highest BCUT2D eigenvalue weighted by molar-refractivity contribution is 6.20. The molecule has 0 saturated carbocycles. The van der Waals surface area contributed by atoms with Gasteiger partial charge in [-0.3, -0.25) is 9.59 Å². The van der Waals surface area contributed by atoms with Crippen LogP contribution < -0.4 is 4.74 Å². The Morgan fingerprint density at radius 3 is 2.07 bits per heavy atom. The van der Waals surface area contributed by atoms with E-state index in [0.717, 1.165) is 6.07 Å². The Morgan fingerprint density at radius 2 is 1.41 bits per heavy atom. The maximum atomic E-state index is 12.9. The number of carbonyl (C=O) groups excluding carboxylic acids is 2. The van der Waals surface area contributed by atoms with Gasteiger partial charge in [0.1, 0.15) is 5.75 Å². The van der Waals surface area contributed by atoms with E-state index in [9.17, 15) is 24.9 Å². The van der Waals surface area contributed by atoms with Crippen molar-refractivity contribution in [3.05, 3.63) is 82.9 Å². The molecule has 3 aromatic rings. The second kappa shape index (κ2) is 7.21. The Balaban J connectivity index is 2.15. The van der Waals surface area contributed by atoms with Crippen LogP contribution in [-0.2, 0) is 0 Å². The van der Waals surface area contributed by atoms with Crippen LogP contribution >= 0.6 is 0 Å². The maximum Gasteiger partial charge on any atom is 0.201 e. The van der Waals surface area contributed by atoms with E-state index >= 15 is 0 Å². The van der Waals surface area contributed by atoms with E-state index < -0.39 is 23.0 Å². The fraction of sp³-hybridized carbons (Fsp3) is 0.0476. The Labute approximate surface area is 154 Å². The highest BCUT2D eigenvalue weighted by Gasteiger charge is 2.24. The molecule has 6 nitrogen and oxygen atoms in total. The minimum Gasteiger partial charge on any atom is -0.504 e. The molecular formula is C21H16O6. The van der Waals surface area contributed by atoms with Gasteiger partial charge >= 0.3 is 0 Å². The van der Waals surface area contributed by atoms with Crippen LogP contribution in [0.3, 0.4) is 0 Å². The number of phenols is 3. The molecule has 3 rings (SSSR count). The van der Waals surface area contributed by atoms with Crippen molar-refractivity contribution in [1.29, 1.82) is 0 Å². The zero-order chi connectivity index (χ0) is 19.6. The molecule has 6 heteroatoms. The highest BCUT2D eigenvalue weighted by Crippen LogP contribution is 2.38. The fourth-order valence-corrected chi connectivity index (χ4v) is 2.68. The molecule has 3 aromatic carbocycles. The van der Waals surface area contributed by atoms with E-state index in [1.54, 1.807) is 30.3 Å². The van der Waals surface area contributed by atoms with Gasteiger partial charge in [-0.05, 0) is 30.3 Å². The summed E-state index contributed by atoms with van der Waals surface area (Å²) in [7, 11) is 1.44. The third-order valence-electron chi connectivity index (χ3n) is 4.13. The van der Waals surface area contributed by atoms with Crippen molar-refractivity contribution in [2.24, 2.45) is 0 Å². The molecule has 0 amide bonds. The second-order valence-corrected chi connectivity index (χ2v) is 5.77. The van der Waals surface area contributed by atoms with Crippen molar-refractivity contribution in [2.45, 2.75) is 0 Å². The molecule has 0 saturated heterocycles. The van der Waals surface area contributed by atoms with Crippen LogP contribution in [0.5, 0.6) is 23.0 Å². The van der Waals surface area contributed by atoms with Gasteiger partial charge in [0, 0.05) is 16.7 Å². The number of benzene rings is 3. The van der Waals surface area contributed by atoms with E-state index in [4.69, 9.17) is 4.74 Å². The number of ketones is 2. The standard InChI is InChI=1S/C21H16O6/c1-27-13-7-8-14(16(11-13)18(23)12-5-3-2-4-6-12)19(24)15-9-10-17(22)21(26)20(15)25/h2-11,22,25-26H,1H3. The van der Waals surface area contributed by atoms with Gasteiger partial charge in [0.15, 0.2) is 23.1 Å². The Bertz CT molecular complexity index is 1020. The van der Waals surface area contributed by atoms with Gasteiger partial charge in [-0.1, -0.05) is 30.3 Å². The zero-order valence-corrected chi connectivity index (χ0v) is 14.3. The number of hydrogen-bond donors (Lipinski definition) is 3. The number of ether oxygens (including phenoxy) is 1. The monoisotopic (exact) mass is 364 g/mol. The fourth-order valence-electron chi connectivity index (χ4n) is 2.68. The average Bonchev–Trinajstić information content (AvgIpc) is 2.71. The normalized spacial score (nSPS) is 10.4. The van der Waals surface area contributed by atoms with E-state index in [2.05, 4.69) is 0 Å². The third-order valence-corrected chi connectivity index (χ3v) is 4.13. The van der Waals surface area contributed by atoms with Crippen molar-refractivity contribution in [2.75, 3.05) is 7.11 Å². The van der Waals surface area contributed by atoms with Crippen molar-refractivity contribution >= 4 is 11.6 Å². The molecule has 0 aliphatic heterocycles. The van der Waals surface area contributed by atoms with Crippen LogP contribution in [-0.4, -0.2) is 34.0 Å². The minimum atomic E-state index is -0.801. The molecule has 27 heavy (non-hydrogen) atoms. The van der Waals surface area contributed by atoms with Crippen LogP contribution in [0.15, 0.2) is 60.7 Å². The lowest BCUT2D eigenvalue weighted by atomic mass is 9.92. The third kappa shape index (κ3) is 3.32. The molecule has 0 unspecified atom stereocenters. The second-order valence-electron chi connectivity index (χ2n) is 5.77. The molecule has 3 N–H and O–H groups in total. The number of aromatic hydroxyl groups is 3. The first-order valence-corrected chi connectivity index (χ1v) is 8.00. The molecule has 0 fully saturated rings. The van der Waals surface area contributed by atoms with E-state index in [-0.39, 0.29) is 22.5 Å². The molecule has 0 heterocycles. The van der Waals surface area contributed by atoms with Crippen molar-refractivity contribution in [3.8, 4) is 23.0 Å². The summed E-state index contributed by atoms with van der Waals surface area (Å²) in [5.41, 5.74) is 0.276. The average molecular weight is 364 g/mol. The first-order valence-electron chi connectivity index (χ1n) is 8.00. The number of phenolic OH excluding ortho intramolecular Hbond substituents is 3. The zero-order valence-electron chi connectivity index (χ0n) is 14.3. The molecule has 0 aromatic heterocycles. The number of rotatable bonds is 5. The Morgan fingerprint density at radius 1 is 0.741 bits per heavy atom. The summed E-state index contributed by atoms with van der Waals surface area (Å²) < 4.78 is 5.15. The topological polar surface area (TPSA) is 104 Å². The van der Waals surface area contributed by atoms with Crippen LogP contribution in [0.4, 0.5) is 0 Å². The van der Waals surface area contributed by atoms with Gasteiger partial charge in [0.05, 0.1) is 12.7 Å². The summed E-state index contributed by atoms with van der Waals surface area (Å²) >= 11 is 0. The van der Waals surface area contributed by atoms with Gasteiger partial charge in [-0.2, -0.15) is 0 Å². The summed E-state index contributed by atoms with van der Waals surface area (Å²) in [4.78, 5) is 25.9. The molecular weight excluding hydrogens is 348 g/mol. The maximum absolute atomic E-state index is 12.9. The van der Waals surface area contributed by atoms with E-state index in [1.807, 2.05) is 0 Å².